The molecule has 0 aliphatic heterocycles. The van der Waals surface area contributed by atoms with E-state index in [-0.39, 0.29) is 6.04 Å². The molecule has 1 atom stereocenters. The molecule has 1 unspecified atom stereocenters. The fraction of sp³-hybridized carbons (Fsp3) is 0.357. The zero-order chi connectivity index (χ0) is 13.8. The Bertz CT molecular complexity index is 551. The highest BCUT2D eigenvalue weighted by Crippen LogP contribution is 2.23. The van der Waals surface area contributed by atoms with Gasteiger partial charge < -0.3 is 9.88 Å². The summed E-state index contributed by atoms with van der Waals surface area (Å²) in [7, 11) is 1.86. The summed E-state index contributed by atoms with van der Waals surface area (Å²) in [5, 5.41) is 3.24. The van der Waals surface area contributed by atoms with Gasteiger partial charge in [0, 0.05) is 24.9 Å². The lowest BCUT2D eigenvalue weighted by atomic mass is 10.0. The van der Waals surface area contributed by atoms with Gasteiger partial charge in [0.1, 0.15) is 11.6 Å². The predicted octanol–water partition coefficient (Wildman–Crippen LogP) is 2.79. The number of aryl methyl sites for hydroxylation is 1. The monoisotopic (exact) mass is 265 g/mol. The van der Waals surface area contributed by atoms with E-state index in [2.05, 4.69) is 10.3 Å². The molecular formula is C14H17F2N3. The molecule has 0 radical (unpaired) electrons. The van der Waals surface area contributed by atoms with Crippen molar-refractivity contribution in [2.24, 2.45) is 7.05 Å². The number of benzene rings is 1. The molecule has 0 saturated carbocycles. The molecule has 102 valence electrons. The highest BCUT2D eigenvalue weighted by molar-refractivity contribution is 5.28. The van der Waals surface area contributed by atoms with Gasteiger partial charge in [0.05, 0.1) is 18.1 Å². The van der Waals surface area contributed by atoms with E-state index in [9.17, 15) is 8.78 Å². The topological polar surface area (TPSA) is 29.9 Å². The second kappa shape index (κ2) is 5.93. The molecule has 19 heavy (non-hydrogen) atoms. The highest BCUT2D eigenvalue weighted by Gasteiger charge is 2.19. The first kappa shape index (κ1) is 13.7. The Kier molecular flexibility index (Phi) is 4.27. The summed E-state index contributed by atoms with van der Waals surface area (Å²) >= 11 is 0. The van der Waals surface area contributed by atoms with E-state index in [1.165, 1.54) is 12.1 Å². The normalized spacial score (nSPS) is 12.6. The molecule has 1 aromatic carbocycles. The second-order valence-electron chi connectivity index (χ2n) is 4.52. The van der Waals surface area contributed by atoms with Crippen molar-refractivity contribution in [1.82, 2.24) is 14.9 Å². The minimum Gasteiger partial charge on any atom is -0.340 e. The Morgan fingerprint density at radius 3 is 2.74 bits per heavy atom. The van der Waals surface area contributed by atoms with Crippen LogP contribution < -0.4 is 5.32 Å². The maximum Gasteiger partial charge on any atom is 0.131 e. The molecular weight excluding hydrogens is 248 g/mol. The van der Waals surface area contributed by atoms with Crippen LogP contribution >= 0.6 is 0 Å². The number of hydrogen-bond acceptors (Lipinski definition) is 2. The van der Waals surface area contributed by atoms with E-state index in [4.69, 9.17) is 0 Å². The van der Waals surface area contributed by atoms with Gasteiger partial charge in [0.15, 0.2) is 0 Å². The van der Waals surface area contributed by atoms with Crippen molar-refractivity contribution >= 4 is 0 Å². The highest BCUT2D eigenvalue weighted by atomic mass is 19.1. The third kappa shape index (κ3) is 3.17. The minimum absolute atomic E-state index is 0.359. The molecule has 2 aromatic rings. The van der Waals surface area contributed by atoms with E-state index in [1.807, 2.05) is 20.2 Å². The summed E-state index contributed by atoms with van der Waals surface area (Å²) in [5.74, 6) is -1.13. The van der Waals surface area contributed by atoms with Crippen LogP contribution in [0.4, 0.5) is 8.78 Å². The van der Waals surface area contributed by atoms with E-state index in [0.717, 1.165) is 24.7 Å². The first-order valence-corrected chi connectivity index (χ1v) is 6.28. The summed E-state index contributed by atoms with van der Waals surface area (Å²) in [5.41, 5.74) is 1.13. The lowest BCUT2D eigenvalue weighted by Gasteiger charge is -2.17. The van der Waals surface area contributed by atoms with Crippen molar-refractivity contribution in [3.8, 4) is 0 Å². The van der Waals surface area contributed by atoms with E-state index in [1.54, 1.807) is 10.9 Å². The van der Waals surface area contributed by atoms with Crippen LogP contribution in [0.3, 0.4) is 0 Å². The summed E-state index contributed by atoms with van der Waals surface area (Å²) in [4.78, 5) is 4.25. The van der Waals surface area contributed by atoms with Crippen molar-refractivity contribution in [1.29, 1.82) is 0 Å². The third-order valence-electron chi connectivity index (χ3n) is 2.89. The van der Waals surface area contributed by atoms with Gasteiger partial charge in [-0.3, -0.25) is 0 Å². The van der Waals surface area contributed by atoms with Gasteiger partial charge in [0.25, 0.3) is 0 Å². The van der Waals surface area contributed by atoms with Crippen molar-refractivity contribution < 1.29 is 8.78 Å². The molecule has 0 fully saturated rings. The van der Waals surface area contributed by atoms with Gasteiger partial charge in [-0.05, 0) is 19.0 Å². The number of hydrogen-bond donors (Lipinski definition) is 1. The molecule has 1 N–H and O–H groups in total. The lowest BCUT2D eigenvalue weighted by molar-refractivity contribution is 0.528. The van der Waals surface area contributed by atoms with Crippen LogP contribution in [0.2, 0.25) is 0 Å². The summed E-state index contributed by atoms with van der Waals surface area (Å²) in [6, 6.07) is 3.27. The van der Waals surface area contributed by atoms with Crippen LogP contribution in [-0.4, -0.2) is 16.1 Å². The Morgan fingerprint density at radius 2 is 2.16 bits per heavy atom. The number of rotatable bonds is 5. The number of nitrogens with zero attached hydrogens (tertiary/aromatic N) is 2. The Balaban J connectivity index is 2.36. The molecule has 0 saturated heterocycles. The predicted molar refractivity (Wildman–Crippen MR) is 69.7 cm³/mol. The smallest absolute Gasteiger partial charge is 0.131 e. The van der Waals surface area contributed by atoms with E-state index >= 15 is 0 Å². The van der Waals surface area contributed by atoms with Crippen LogP contribution in [0.25, 0.3) is 0 Å². The van der Waals surface area contributed by atoms with Crippen LogP contribution in [0.1, 0.15) is 30.6 Å². The maximum absolute atomic E-state index is 13.9. The van der Waals surface area contributed by atoms with Gasteiger partial charge in [0.2, 0.25) is 0 Å². The molecule has 5 heteroatoms. The summed E-state index contributed by atoms with van der Waals surface area (Å²) in [6.07, 6.45) is 4.42. The van der Waals surface area contributed by atoms with Crippen molar-refractivity contribution in [2.75, 3.05) is 6.54 Å². The maximum atomic E-state index is 13.9. The van der Waals surface area contributed by atoms with E-state index < -0.39 is 11.6 Å². The summed E-state index contributed by atoms with van der Waals surface area (Å²) in [6.45, 7) is 2.77. The molecule has 2 rings (SSSR count). The first-order valence-electron chi connectivity index (χ1n) is 6.28. The molecule has 1 heterocycles. The standard InChI is InChI=1S/C14H17F2N3/c1-3-6-17-14(13-8-19(2)9-18-13)11-5-4-10(15)7-12(11)16/h4-5,7-9,14,17H,3,6H2,1-2H3. The molecule has 0 aliphatic carbocycles. The van der Waals surface area contributed by atoms with Gasteiger partial charge >= 0.3 is 0 Å². The second-order valence-corrected chi connectivity index (χ2v) is 4.52. The zero-order valence-electron chi connectivity index (χ0n) is 11.0. The van der Waals surface area contributed by atoms with Gasteiger partial charge in [-0.25, -0.2) is 13.8 Å². The number of nitrogens with one attached hydrogen (secondary N) is 1. The first-order chi connectivity index (χ1) is 9.11. The zero-order valence-corrected chi connectivity index (χ0v) is 11.0. The fourth-order valence-electron chi connectivity index (χ4n) is 1.98. The molecule has 1 aromatic heterocycles. The van der Waals surface area contributed by atoms with Crippen molar-refractivity contribution in [3.05, 3.63) is 53.6 Å². The third-order valence-corrected chi connectivity index (χ3v) is 2.89. The van der Waals surface area contributed by atoms with Crippen molar-refractivity contribution in [3.63, 3.8) is 0 Å². The average Bonchev–Trinajstić information content (AvgIpc) is 2.78. The van der Waals surface area contributed by atoms with Crippen LogP contribution in [0.5, 0.6) is 0 Å². The number of aromatic nitrogens is 2. The number of imidazole rings is 1. The Hall–Kier alpha value is -1.75. The number of halogens is 2. The lowest BCUT2D eigenvalue weighted by Crippen LogP contribution is -2.24. The molecule has 0 aliphatic rings. The van der Waals surface area contributed by atoms with Gasteiger partial charge in [-0.15, -0.1) is 0 Å². The van der Waals surface area contributed by atoms with Crippen LogP contribution in [0, 0.1) is 11.6 Å². The quantitative estimate of drug-likeness (QED) is 0.901. The molecule has 3 nitrogen and oxygen atoms in total. The Labute approximate surface area is 111 Å². The molecule has 0 bridgehead atoms. The van der Waals surface area contributed by atoms with Crippen LogP contribution in [0.15, 0.2) is 30.7 Å². The summed E-state index contributed by atoms with van der Waals surface area (Å²) < 4.78 is 28.7. The average molecular weight is 265 g/mol. The van der Waals surface area contributed by atoms with Crippen LogP contribution in [-0.2, 0) is 7.05 Å². The van der Waals surface area contributed by atoms with Gasteiger partial charge in [-0.2, -0.15) is 0 Å². The minimum atomic E-state index is -0.573. The molecule has 0 amide bonds. The van der Waals surface area contributed by atoms with E-state index in [0.29, 0.717) is 5.56 Å². The molecule has 0 spiro atoms. The van der Waals surface area contributed by atoms with Crippen molar-refractivity contribution in [2.45, 2.75) is 19.4 Å². The Morgan fingerprint density at radius 1 is 1.37 bits per heavy atom. The van der Waals surface area contributed by atoms with Gasteiger partial charge in [-0.1, -0.05) is 13.0 Å². The fourth-order valence-corrected chi connectivity index (χ4v) is 1.98. The largest absolute Gasteiger partial charge is 0.340 e. The SMILES string of the molecule is CCCNC(c1cn(C)cn1)c1ccc(F)cc1F.